The number of hydrogen-bond acceptors (Lipinski definition) is 4. The average Bonchev–Trinajstić information content (AvgIpc) is 2.63. The van der Waals surface area contributed by atoms with Crippen molar-refractivity contribution in [1.29, 1.82) is 0 Å². The molecular formula is C19H18Cl2N2O2S. The van der Waals surface area contributed by atoms with E-state index in [-0.39, 0.29) is 11.7 Å². The van der Waals surface area contributed by atoms with Crippen molar-refractivity contribution in [3.63, 3.8) is 0 Å². The minimum atomic E-state index is -0.200. The van der Waals surface area contributed by atoms with E-state index in [1.54, 1.807) is 30.5 Å². The van der Waals surface area contributed by atoms with Crippen molar-refractivity contribution < 1.29 is 9.53 Å². The zero-order valence-corrected chi connectivity index (χ0v) is 16.3. The van der Waals surface area contributed by atoms with Gasteiger partial charge in [-0.15, -0.1) is 11.8 Å². The molecular weight excluding hydrogens is 391 g/mol. The summed E-state index contributed by atoms with van der Waals surface area (Å²) < 4.78 is 5.45. The number of nitrogens with zero attached hydrogens (tertiary/aromatic N) is 1. The number of hydrogen-bond donors (Lipinski definition) is 1. The fourth-order valence-electron chi connectivity index (χ4n) is 1.97. The largest absolute Gasteiger partial charge is 0.490 e. The van der Waals surface area contributed by atoms with Crippen molar-refractivity contribution in [2.24, 2.45) is 5.10 Å². The number of hydrazone groups is 1. The van der Waals surface area contributed by atoms with E-state index in [9.17, 15) is 4.79 Å². The maximum absolute atomic E-state index is 11.9. The third-order valence-corrected chi connectivity index (χ3v) is 4.84. The Morgan fingerprint density at radius 3 is 2.69 bits per heavy atom. The molecule has 0 radical (unpaired) electrons. The molecule has 4 nitrogen and oxygen atoms in total. The number of amides is 1. The summed E-state index contributed by atoms with van der Waals surface area (Å²) in [5.74, 6) is 1.32. The van der Waals surface area contributed by atoms with Gasteiger partial charge in [-0.1, -0.05) is 54.1 Å². The zero-order valence-electron chi connectivity index (χ0n) is 14.0. The highest BCUT2D eigenvalue weighted by Crippen LogP contribution is 2.28. The van der Waals surface area contributed by atoms with Crippen LogP contribution in [-0.4, -0.2) is 24.5 Å². The van der Waals surface area contributed by atoms with E-state index < -0.39 is 0 Å². The lowest BCUT2D eigenvalue weighted by Gasteiger charge is -2.06. The molecule has 1 N–H and O–H groups in total. The highest BCUT2D eigenvalue weighted by Gasteiger charge is 2.07. The van der Waals surface area contributed by atoms with Gasteiger partial charge >= 0.3 is 0 Å². The Morgan fingerprint density at radius 1 is 1.23 bits per heavy atom. The van der Waals surface area contributed by atoms with Crippen LogP contribution in [0.15, 0.2) is 60.2 Å². The van der Waals surface area contributed by atoms with Gasteiger partial charge in [0.15, 0.2) is 0 Å². The Bertz CT molecular complexity index is 777. The van der Waals surface area contributed by atoms with E-state index in [0.29, 0.717) is 28.2 Å². The van der Waals surface area contributed by atoms with Crippen LogP contribution >= 0.6 is 35.0 Å². The molecule has 1 amide bonds. The van der Waals surface area contributed by atoms with E-state index in [0.717, 1.165) is 11.1 Å². The maximum atomic E-state index is 11.9. The predicted molar refractivity (Wildman–Crippen MR) is 110 cm³/mol. The molecule has 7 heteroatoms. The topological polar surface area (TPSA) is 50.7 Å². The summed E-state index contributed by atoms with van der Waals surface area (Å²) in [7, 11) is 0. The quantitative estimate of drug-likeness (QED) is 0.363. The summed E-state index contributed by atoms with van der Waals surface area (Å²) >= 11 is 13.6. The molecule has 0 unspecified atom stereocenters. The van der Waals surface area contributed by atoms with Crippen LogP contribution in [0.1, 0.15) is 11.1 Å². The van der Waals surface area contributed by atoms with Crippen LogP contribution in [0.5, 0.6) is 5.75 Å². The number of ether oxygens (including phenoxy) is 1. The number of carbonyl (C=O) groups excluding carboxylic acids is 1. The lowest BCUT2D eigenvalue weighted by Crippen LogP contribution is -2.19. The summed E-state index contributed by atoms with van der Waals surface area (Å²) in [6.07, 6.45) is 3.24. The number of nitrogens with one attached hydrogen (secondary N) is 1. The number of benzene rings is 2. The van der Waals surface area contributed by atoms with Crippen LogP contribution in [0.2, 0.25) is 10.0 Å². The molecule has 0 heterocycles. The molecule has 0 aliphatic carbocycles. The second kappa shape index (κ2) is 10.9. The van der Waals surface area contributed by atoms with Crippen LogP contribution in [0.25, 0.3) is 0 Å². The van der Waals surface area contributed by atoms with E-state index in [2.05, 4.69) is 17.1 Å². The van der Waals surface area contributed by atoms with E-state index >= 15 is 0 Å². The Kier molecular flexibility index (Phi) is 8.54. The fraction of sp³-hybridized carbons (Fsp3) is 0.158. The minimum absolute atomic E-state index is 0.200. The normalized spacial score (nSPS) is 10.7. The molecule has 2 rings (SSSR count). The third kappa shape index (κ3) is 6.75. The highest BCUT2D eigenvalue weighted by atomic mass is 35.5. The summed E-state index contributed by atoms with van der Waals surface area (Å²) in [6.45, 7) is 4.04. The van der Waals surface area contributed by atoms with Gasteiger partial charge in [0, 0.05) is 15.8 Å². The lowest BCUT2D eigenvalue weighted by atomic mass is 10.2. The van der Waals surface area contributed by atoms with E-state index in [1.807, 2.05) is 24.3 Å². The molecule has 0 saturated carbocycles. The van der Waals surface area contributed by atoms with Crippen molar-refractivity contribution in [3.05, 3.63) is 76.3 Å². The smallest absolute Gasteiger partial charge is 0.250 e. The Morgan fingerprint density at radius 2 is 1.96 bits per heavy atom. The molecule has 0 aliphatic heterocycles. The van der Waals surface area contributed by atoms with Gasteiger partial charge in [0.2, 0.25) is 5.91 Å². The van der Waals surface area contributed by atoms with Crippen molar-refractivity contribution >= 4 is 47.1 Å². The summed E-state index contributed by atoms with van der Waals surface area (Å²) in [6, 6.07) is 12.7. The monoisotopic (exact) mass is 408 g/mol. The van der Waals surface area contributed by atoms with Gasteiger partial charge in [-0.2, -0.15) is 5.10 Å². The standard InChI is InChI=1S/C19H18Cl2N2O2S/c1-2-9-25-15-6-3-5-14(10-15)11-22-23-19(24)13-26-12-16-17(20)7-4-8-18(16)21/h2-8,10-11H,1,9,12-13H2,(H,23,24)/b22-11-. The van der Waals surface area contributed by atoms with Gasteiger partial charge in [0.05, 0.1) is 12.0 Å². The molecule has 2 aromatic rings. The molecule has 0 aromatic heterocycles. The van der Waals surface area contributed by atoms with Gasteiger partial charge in [0.25, 0.3) is 0 Å². The molecule has 26 heavy (non-hydrogen) atoms. The zero-order chi connectivity index (χ0) is 18.8. The molecule has 0 bridgehead atoms. The number of rotatable bonds is 9. The van der Waals surface area contributed by atoms with Gasteiger partial charge in [0.1, 0.15) is 12.4 Å². The molecule has 0 spiro atoms. The minimum Gasteiger partial charge on any atom is -0.490 e. The number of thioether (sulfide) groups is 1. The number of carbonyl (C=O) groups is 1. The van der Waals surface area contributed by atoms with Gasteiger partial charge < -0.3 is 4.74 Å². The van der Waals surface area contributed by atoms with Crippen molar-refractivity contribution in [2.45, 2.75) is 5.75 Å². The predicted octanol–water partition coefficient (Wildman–Crippen LogP) is 4.94. The van der Waals surface area contributed by atoms with Crippen LogP contribution < -0.4 is 10.2 Å². The molecule has 0 aliphatic rings. The second-order valence-corrected chi connectivity index (χ2v) is 6.96. The van der Waals surface area contributed by atoms with E-state index in [1.165, 1.54) is 11.8 Å². The first kappa shape index (κ1) is 20.4. The Hall–Kier alpha value is -1.95. The van der Waals surface area contributed by atoms with Crippen LogP contribution in [0.4, 0.5) is 0 Å². The fourth-order valence-corrected chi connectivity index (χ4v) is 3.52. The van der Waals surface area contributed by atoms with Gasteiger partial charge in [-0.3, -0.25) is 4.79 Å². The summed E-state index contributed by atoms with van der Waals surface area (Å²) in [5.41, 5.74) is 4.14. The van der Waals surface area contributed by atoms with Crippen LogP contribution in [0.3, 0.4) is 0 Å². The lowest BCUT2D eigenvalue weighted by molar-refractivity contribution is -0.118. The Labute approximate surface area is 167 Å². The van der Waals surface area contributed by atoms with Crippen LogP contribution in [-0.2, 0) is 10.5 Å². The summed E-state index contributed by atoms with van der Waals surface area (Å²) in [4.78, 5) is 11.9. The SMILES string of the molecule is C=CCOc1cccc(/C=N\NC(=O)CSCc2c(Cl)cccc2Cl)c1. The molecule has 0 fully saturated rings. The molecule has 0 atom stereocenters. The van der Waals surface area contributed by atoms with Crippen molar-refractivity contribution in [2.75, 3.05) is 12.4 Å². The van der Waals surface area contributed by atoms with Crippen molar-refractivity contribution in [3.8, 4) is 5.75 Å². The first-order chi connectivity index (χ1) is 12.6. The molecule has 0 saturated heterocycles. The first-order valence-electron chi connectivity index (χ1n) is 7.76. The average molecular weight is 409 g/mol. The van der Waals surface area contributed by atoms with Crippen LogP contribution in [0, 0.1) is 0 Å². The Balaban J connectivity index is 1.78. The highest BCUT2D eigenvalue weighted by molar-refractivity contribution is 7.99. The summed E-state index contributed by atoms with van der Waals surface area (Å²) in [5, 5.41) is 5.16. The molecule has 2 aromatic carbocycles. The van der Waals surface area contributed by atoms with Crippen molar-refractivity contribution in [1.82, 2.24) is 5.43 Å². The first-order valence-corrected chi connectivity index (χ1v) is 9.67. The molecule has 136 valence electrons. The maximum Gasteiger partial charge on any atom is 0.250 e. The van der Waals surface area contributed by atoms with Gasteiger partial charge in [-0.25, -0.2) is 5.43 Å². The van der Waals surface area contributed by atoms with E-state index in [4.69, 9.17) is 27.9 Å². The number of halogens is 2. The third-order valence-electron chi connectivity index (χ3n) is 3.17. The second-order valence-electron chi connectivity index (χ2n) is 5.16. The van der Waals surface area contributed by atoms with Gasteiger partial charge in [-0.05, 0) is 35.4 Å².